The summed E-state index contributed by atoms with van der Waals surface area (Å²) in [5.74, 6) is 2.06. The highest BCUT2D eigenvalue weighted by atomic mass is 16.5. The summed E-state index contributed by atoms with van der Waals surface area (Å²) >= 11 is 0. The number of benzene rings is 2. The maximum absolute atomic E-state index is 12.3. The zero-order valence-electron chi connectivity index (χ0n) is 17.6. The number of nitrogens with one attached hydrogen (secondary N) is 2. The van der Waals surface area contributed by atoms with Crippen LogP contribution in [-0.4, -0.2) is 43.5 Å². The number of urea groups is 1. The molecule has 4 rings (SSSR count). The molecule has 1 aliphatic heterocycles. The first-order chi connectivity index (χ1) is 15.2. The molecule has 1 fully saturated rings. The van der Waals surface area contributed by atoms with E-state index in [0.717, 1.165) is 30.2 Å². The van der Waals surface area contributed by atoms with Crippen LogP contribution in [0, 0.1) is 0 Å². The second-order valence-electron chi connectivity index (χ2n) is 7.20. The molecule has 8 heteroatoms. The second-order valence-corrected chi connectivity index (χ2v) is 7.20. The topological polar surface area (TPSA) is 88.6 Å². The van der Waals surface area contributed by atoms with Crippen molar-refractivity contribution in [3.63, 3.8) is 0 Å². The largest absolute Gasteiger partial charge is 0.493 e. The Bertz CT molecular complexity index is 1030. The summed E-state index contributed by atoms with van der Waals surface area (Å²) in [6.45, 7) is 2.08. The van der Waals surface area contributed by atoms with Crippen LogP contribution < -0.4 is 25.0 Å². The third kappa shape index (κ3) is 4.85. The van der Waals surface area contributed by atoms with Gasteiger partial charge in [0.2, 0.25) is 0 Å². The average Bonchev–Trinajstić information content (AvgIpc) is 3.34. The Balaban J connectivity index is 1.37. The number of hydrogen-bond donors (Lipinski definition) is 2. The van der Waals surface area contributed by atoms with Gasteiger partial charge in [0.05, 0.1) is 19.9 Å². The molecule has 0 unspecified atom stereocenters. The molecule has 0 bridgehead atoms. The first-order valence-electron chi connectivity index (χ1n) is 10.2. The lowest BCUT2D eigenvalue weighted by atomic mass is 10.1. The third-order valence-corrected chi connectivity index (χ3v) is 5.16. The molecular formula is C23H25N5O3. The maximum Gasteiger partial charge on any atom is 0.323 e. The zero-order chi connectivity index (χ0) is 21.6. The zero-order valence-corrected chi connectivity index (χ0v) is 17.6. The van der Waals surface area contributed by atoms with Gasteiger partial charge in [-0.2, -0.15) is 0 Å². The van der Waals surface area contributed by atoms with Crippen LogP contribution in [0.4, 0.5) is 22.0 Å². The van der Waals surface area contributed by atoms with Gasteiger partial charge in [-0.1, -0.05) is 12.1 Å². The SMILES string of the molecule is COc1ccc(NC(=O)Nc2ccc(-c3ccc(N4CCCC4)nn3)cc2)cc1OC. The Morgan fingerprint density at radius 1 is 0.839 bits per heavy atom. The predicted molar refractivity (Wildman–Crippen MR) is 121 cm³/mol. The number of methoxy groups -OCH3 is 2. The Kier molecular flexibility index (Phi) is 6.16. The summed E-state index contributed by atoms with van der Waals surface area (Å²) in [5, 5.41) is 14.3. The lowest BCUT2D eigenvalue weighted by molar-refractivity contribution is 0.262. The number of carbonyl (C=O) groups is 1. The predicted octanol–water partition coefficient (Wildman–Crippen LogP) is 4.41. The van der Waals surface area contributed by atoms with Crippen LogP contribution >= 0.6 is 0 Å². The van der Waals surface area contributed by atoms with E-state index in [4.69, 9.17) is 9.47 Å². The maximum atomic E-state index is 12.3. The molecule has 1 saturated heterocycles. The highest BCUT2D eigenvalue weighted by Crippen LogP contribution is 2.30. The molecule has 0 atom stereocenters. The monoisotopic (exact) mass is 419 g/mol. The van der Waals surface area contributed by atoms with Crippen LogP contribution in [0.1, 0.15) is 12.8 Å². The van der Waals surface area contributed by atoms with Crippen molar-refractivity contribution in [3.05, 3.63) is 54.6 Å². The number of carbonyl (C=O) groups excluding carboxylic acids is 1. The van der Waals surface area contributed by atoms with Gasteiger partial charge in [0.15, 0.2) is 17.3 Å². The van der Waals surface area contributed by atoms with E-state index in [-0.39, 0.29) is 6.03 Å². The fourth-order valence-electron chi connectivity index (χ4n) is 3.53. The van der Waals surface area contributed by atoms with Crippen LogP contribution in [-0.2, 0) is 0 Å². The van der Waals surface area contributed by atoms with E-state index in [9.17, 15) is 4.79 Å². The van der Waals surface area contributed by atoms with E-state index in [1.807, 2.05) is 36.4 Å². The van der Waals surface area contributed by atoms with E-state index in [2.05, 4.69) is 25.7 Å². The summed E-state index contributed by atoms with van der Waals surface area (Å²) in [6.07, 6.45) is 2.41. The van der Waals surface area contributed by atoms with Gasteiger partial charge in [0, 0.05) is 36.1 Å². The van der Waals surface area contributed by atoms with Gasteiger partial charge in [-0.15, -0.1) is 10.2 Å². The smallest absolute Gasteiger partial charge is 0.323 e. The van der Waals surface area contributed by atoms with Crippen molar-refractivity contribution in [1.82, 2.24) is 10.2 Å². The molecule has 2 amide bonds. The van der Waals surface area contributed by atoms with Gasteiger partial charge >= 0.3 is 6.03 Å². The highest BCUT2D eigenvalue weighted by molar-refractivity contribution is 6.00. The summed E-state index contributed by atoms with van der Waals surface area (Å²) in [5.41, 5.74) is 3.00. The minimum atomic E-state index is -0.352. The van der Waals surface area contributed by atoms with Crippen LogP contribution in [0.25, 0.3) is 11.3 Å². The third-order valence-electron chi connectivity index (χ3n) is 5.16. The number of rotatable bonds is 6. The minimum Gasteiger partial charge on any atom is -0.493 e. The normalized spacial score (nSPS) is 13.0. The van der Waals surface area contributed by atoms with Gasteiger partial charge in [0.25, 0.3) is 0 Å². The first-order valence-corrected chi connectivity index (χ1v) is 10.2. The molecule has 1 aromatic heterocycles. The fraction of sp³-hybridized carbons (Fsp3) is 0.261. The Labute approximate surface area is 181 Å². The Hall–Kier alpha value is -3.81. The minimum absolute atomic E-state index is 0.352. The van der Waals surface area contributed by atoms with Crippen molar-refractivity contribution in [2.75, 3.05) is 42.8 Å². The summed E-state index contributed by atoms with van der Waals surface area (Å²) in [4.78, 5) is 14.6. The standard InChI is InChI=1S/C23H25N5O3/c1-30-20-11-9-18(15-21(20)31-2)25-23(29)24-17-7-5-16(6-8-17)19-10-12-22(27-26-19)28-13-3-4-14-28/h5-12,15H,3-4,13-14H2,1-2H3,(H2,24,25,29). The molecule has 2 aromatic carbocycles. The number of anilines is 3. The number of ether oxygens (including phenoxy) is 2. The molecule has 0 radical (unpaired) electrons. The van der Waals surface area contributed by atoms with E-state index in [1.165, 1.54) is 12.8 Å². The average molecular weight is 419 g/mol. The van der Waals surface area contributed by atoms with Crippen LogP contribution in [0.15, 0.2) is 54.6 Å². The van der Waals surface area contributed by atoms with Crippen molar-refractivity contribution in [3.8, 4) is 22.8 Å². The molecule has 0 aliphatic carbocycles. The van der Waals surface area contributed by atoms with Crippen molar-refractivity contribution < 1.29 is 14.3 Å². The van der Waals surface area contributed by atoms with Gasteiger partial charge in [-0.25, -0.2) is 4.79 Å². The van der Waals surface area contributed by atoms with E-state index in [0.29, 0.717) is 22.9 Å². The van der Waals surface area contributed by atoms with Crippen LogP contribution in [0.5, 0.6) is 11.5 Å². The van der Waals surface area contributed by atoms with Gasteiger partial charge < -0.3 is 25.0 Å². The van der Waals surface area contributed by atoms with Crippen LogP contribution in [0.3, 0.4) is 0 Å². The molecule has 8 nitrogen and oxygen atoms in total. The van der Waals surface area contributed by atoms with Gasteiger partial charge in [-0.3, -0.25) is 0 Å². The molecule has 0 spiro atoms. The lowest BCUT2D eigenvalue weighted by Gasteiger charge is -2.15. The molecule has 31 heavy (non-hydrogen) atoms. The van der Waals surface area contributed by atoms with Crippen LogP contribution in [0.2, 0.25) is 0 Å². The molecule has 1 aliphatic rings. The highest BCUT2D eigenvalue weighted by Gasteiger charge is 2.14. The van der Waals surface area contributed by atoms with Crippen molar-refractivity contribution >= 4 is 23.2 Å². The molecular weight excluding hydrogens is 394 g/mol. The number of nitrogens with zero attached hydrogens (tertiary/aromatic N) is 3. The lowest BCUT2D eigenvalue weighted by Crippen LogP contribution is -2.19. The Morgan fingerprint density at radius 3 is 2.16 bits per heavy atom. The molecule has 3 aromatic rings. The quantitative estimate of drug-likeness (QED) is 0.615. The molecule has 2 heterocycles. The van der Waals surface area contributed by atoms with Gasteiger partial charge in [0.1, 0.15) is 0 Å². The summed E-state index contributed by atoms with van der Waals surface area (Å²) < 4.78 is 10.5. The summed E-state index contributed by atoms with van der Waals surface area (Å²) in [7, 11) is 3.11. The first kappa shape index (κ1) is 20.5. The molecule has 0 saturated carbocycles. The number of hydrogen-bond acceptors (Lipinski definition) is 6. The number of amides is 2. The second kappa shape index (κ2) is 9.34. The van der Waals surface area contributed by atoms with Gasteiger partial charge in [-0.05, 0) is 49.2 Å². The molecule has 160 valence electrons. The van der Waals surface area contributed by atoms with Crippen molar-refractivity contribution in [2.24, 2.45) is 0 Å². The van der Waals surface area contributed by atoms with E-state index < -0.39 is 0 Å². The molecule has 2 N–H and O–H groups in total. The van der Waals surface area contributed by atoms with E-state index >= 15 is 0 Å². The van der Waals surface area contributed by atoms with Crippen molar-refractivity contribution in [1.29, 1.82) is 0 Å². The Morgan fingerprint density at radius 2 is 1.52 bits per heavy atom. The van der Waals surface area contributed by atoms with E-state index in [1.54, 1.807) is 32.4 Å². The fourth-order valence-corrected chi connectivity index (χ4v) is 3.53. The summed E-state index contributed by atoms with van der Waals surface area (Å²) in [6, 6.07) is 16.3. The van der Waals surface area contributed by atoms with Crippen molar-refractivity contribution in [2.45, 2.75) is 12.8 Å². The number of aromatic nitrogens is 2.